The van der Waals surface area contributed by atoms with Gasteiger partial charge in [0, 0.05) is 87.4 Å². The zero-order chi connectivity index (χ0) is 7.82. The molecule has 0 atom stereocenters. The van der Waals surface area contributed by atoms with Crippen LogP contribution in [0.1, 0.15) is 39.5 Å². The van der Waals surface area contributed by atoms with E-state index in [2.05, 4.69) is 6.92 Å². The Labute approximate surface area is 140 Å². The molecule has 0 aromatic carbocycles. The van der Waals surface area contributed by atoms with Gasteiger partial charge in [0.25, 0.3) is 0 Å². The van der Waals surface area contributed by atoms with Crippen LogP contribution in [-0.4, -0.2) is 93.5 Å². The third kappa shape index (κ3) is 14.6. The molecule has 12 heavy (non-hydrogen) atoms. The van der Waals surface area contributed by atoms with Gasteiger partial charge in [-0.25, -0.2) is 0 Å². The summed E-state index contributed by atoms with van der Waals surface area (Å²) in [5.41, 5.74) is 0. The number of esters is 1. The summed E-state index contributed by atoms with van der Waals surface area (Å²) < 4.78 is 4.75. The van der Waals surface area contributed by atoms with Gasteiger partial charge in [-0.3, -0.25) is 4.79 Å². The van der Waals surface area contributed by atoms with Gasteiger partial charge < -0.3 is 4.74 Å². The molecule has 0 saturated heterocycles. The molecule has 0 bridgehead atoms. The number of ether oxygens (including phenoxy) is 1. The van der Waals surface area contributed by atoms with Gasteiger partial charge in [-0.2, -0.15) is 0 Å². The normalized spacial score (nSPS) is 7.83. The van der Waals surface area contributed by atoms with Crippen LogP contribution in [0.3, 0.4) is 0 Å². The predicted molar refractivity (Wildman–Crippen MR) is 52.3 cm³/mol. The monoisotopic (exact) mass is 206 g/mol. The molecule has 0 saturated carbocycles. The van der Waals surface area contributed by atoms with Crippen molar-refractivity contribution in [2.75, 3.05) is 6.61 Å². The zero-order valence-electron chi connectivity index (χ0n) is 8.85. The largest absolute Gasteiger partial charge is 0.466 e. The van der Waals surface area contributed by atoms with E-state index in [0.717, 1.165) is 19.3 Å². The van der Waals surface area contributed by atoms with E-state index in [9.17, 15) is 4.79 Å². The van der Waals surface area contributed by atoms with Gasteiger partial charge in [0.15, 0.2) is 0 Å². The summed E-state index contributed by atoms with van der Waals surface area (Å²) in [4.78, 5) is 10.7. The molecule has 0 amide bonds. The number of hydrogen-bond donors (Lipinski definition) is 0. The number of carbonyl (C=O) groups is 1. The zero-order valence-corrected chi connectivity index (χ0v) is 14.0. The van der Waals surface area contributed by atoms with E-state index in [1.807, 2.05) is 6.92 Å². The average molecular weight is 206 g/mol. The number of unbranched alkanes of at least 4 members (excludes halogenated alkanes) is 2. The van der Waals surface area contributed by atoms with Crippen molar-refractivity contribution < 1.29 is 9.53 Å². The third-order valence-electron chi connectivity index (χ3n) is 1.29. The van der Waals surface area contributed by atoms with Crippen LogP contribution in [0.5, 0.6) is 0 Å². The molecular formula is C8H16KNaO2. The summed E-state index contributed by atoms with van der Waals surface area (Å²) in [7, 11) is 0. The average Bonchev–Trinajstić information content (AvgIpc) is 1.89. The molecule has 0 N–H and O–H groups in total. The van der Waals surface area contributed by atoms with Crippen molar-refractivity contribution in [2.45, 2.75) is 39.5 Å². The maximum atomic E-state index is 10.7. The van der Waals surface area contributed by atoms with Crippen LogP contribution in [0.25, 0.3) is 0 Å². The van der Waals surface area contributed by atoms with Gasteiger partial charge in [0.2, 0.25) is 0 Å². The van der Waals surface area contributed by atoms with E-state index >= 15 is 0 Å². The van der Waals surface area contributed by atoms with Crippen molar-refractivity contribution in [2.24, 2.45) is 0 Å². The first-order chi connectivity index (χ1) is 4.81. The number of hydrogen-bond acceptors (Lipinski definition) is 2. The van der Waals surface area contributed by atoms with Gasteiger partial charge in [0.1, 0.15) is 0 Å². The van der Waals surface area contributed by atoms with Gasteiger partial charge in [0.05, 0.1) is 6.61 Å². The molecule has 0 aliphatic carbocycles. The minimum Gasteiger partial charge on any atom is -0.466 e. The molecule has 0 aliphatic rings. The van der Waals surface area contributed by atoms with Crippen LogP contribution < -0.4 is 0 Å². The fourth-order valence-corrected chi connectivity index (χ4v) is 0.752. The van der Waals surface area contributed by atoms with Crippen LogP contribution in [-0.2, 0) is 9.53 Å². The molecule has 2 radical (unpaired) electrons. The Morgan fingerprint density at radius 1 is 1.25 bits per heavy atom. The summed E-state index contributed by atoms with van der Waals surface area (Å²) in [5.74, 6) is -0.0593. The van der Waals surface area contributed by atoms with Crippen LogP contribution in [0, 0.1) is 0 Å². The molecule has 0 spiro atoms. The molecule has 2 nitrogen and oxygen atoms in total. The molecule has 0 unspecified atom stereocenters. The minimum absolute atomic E-state index is 0. The van der Waals surface area contributed by atoms with E-state index in [1.54, 1.807) is 0 Å². The summed E-state index contributed by atoms with van der Waals surface area (Å²) in [6.07, 6.45) is 3.83. The minimum atomic E-state index is -0.0593. The van der Waals surface area contributed by atoms with Crippen molar-refractivity contribution in [3.05, 3.63) is 0 Å². The molecule has 0 heterocycles. The van der Waals surface area contributed by atoms with E-state index < -0.39 is 0 Å². The maximum Gasteiger partial charge on any atom is 0.305 e. The molecule has 4 heteroatoms. The molecular weight excluding hydrogens is 190 g/mol. The van der Waals surface area contributed by atoms with E-state index in [-0.39, 0.29) is 86.9 Å². The Hall–Kier alpha value is 2.11. The van der Waals surface area contributed by atoms with E-state index in [0.29, 0.717) is 13.0 Å². The standard InChI is InChI=1S/C8H16O2.K.Na/c1-3-5-6-7-8(9)10-4-2;;/h3-7H2,1-2H3;;. The Kier molecular flexibility index (Phi) is 25.5. The van der Waals surface area contributed by atoms with Gasteiger partial charge in [-0.05, 0) is 13.3 Å². The fourth-order valence-electron chi connectivity index (χ4n) is 0.752. The first-order valence-corrected chi connectivity index (χ1v) is 3.96. The number of carbonyl (C=O) groups excluding carboxylic acids is 1. The quantitative estimate of drug-likeness (QED) is 0.386. The van der Waals surface area contributed by atoms with Crippen molar-refractivity contribution in [3.8, 4) is 0 Å². The van der Waals surface area contributed by atoms with Crippen molar-refractivity contribution in [1.82, 2.24) is 0 Å². The summed E-state index contributed by atoms with van der Waals surface area (Å²) in [6.45, 7) is 4.45. The first-order valence-electron chi connectivity index (χ1n) is 3.96. The van der Waals surface area contributed by atoms with Crippen molar-refractivity contribution in [3.63, 3.8) is 0 Å². The first kappa shape index (κ1) is 19.6. The third-order valence-corrected chi connectivity index (χ3v) is 1.29. The molecule has 0 aromatic rings. The second-order valence-electron chi connectivity index (χ2n) is 2.26. The molecule has 0 fully saturated rings. The molecule has 0 aromatic heterocycles. The fraction of sp³-hybridized carbons (Fsp3) is 0.875. The topological polar surface area (TPSA) is 26.3 Å². The van der Waals surface area contributed by atoms with Gasteiger partial charge in [-0.15, -0.1) is 0 Å². The van der Waals surface area contributed by atoms with Gasteiger partial charge in [-0.1, -0.05) is 19.8 Å². The Bertz CT molecular complexity index is 99.1. The summed E-state index contributed by atoms with van der Waals surface area (Å²) in [6, 6.07) is 0. The number of rotatable bonds is 5. The Balaban J connectivity index is -0.000000405. The SMILES string of the molecule is CCCCCC(=O)OCC.[K].[Na]. The molecule has 0 aliphatic heterocycles. The van der Waals surface area contributed by atoms with E-state index in [4.69, 9.17) is 4.74 Å². The van der Waals surface area contributed by atoms with Crippen LogP contribution in [0.15, 0.2) is 0 Å². The van der Waals surface area contributed by atoms with Crippen molar-refractivity contribution in [1.29, 1.82) is 0 Å². The second kappa shape index (κ2) is 15.6. The Morgan fingerprint density at radius 2 is 1.83 bits per heavy atom. The smallest absolute Gasteiger partial charge is 0.305 e. The van der Waals surface area contributed by atoms with Crippen molar-refractivity contribution >= 4 is 86.9 Å². The summed E-state index contributed by atoms with van der Waals surface area (Å²) in [5, 5.41) is 0. The van der Waals surface area contributed by atoms with Crippen LogP contribution in [0.2, 0.25) is 0 Å². The van der Waals surface area contributed by atoms with E-state index in [1.165, 1.54) is 0 Å². The predicted octanol–water partition coefficient (Wildman–Crippen LogP) is 1.37. The Morgan fingerprint density at radius 3 is 2.25 bits per heavy atom. The molecule has 0 rings (SSSR count). The maximum absolute atomic E-state index is 10.7. The summed E-state index contributed by atoms with van der Waals surface area (Å²) >= 11 is 0. The van der Waals surface area contributed by atoms with Crippen LogP contribution >= 0.6 is 0 Å². The molecule has 62 valence electrons. The van der Waals surface area contributed by atoms with Crippen LogP contribution in [0.4, 0.5) is 0 Å². The second-order valence-corrected chi connectivity index (χ2v) is 2.26. The van der Waals surface area contributed by atoms with Gasteiger partial charge >= 0.3 is 5.97 Å².